The zero-order chi connectivity index (χ0) is 15.2. The standard InChI is InChI=1S/C16H16ClFN2O/c1-11(16(21)20-13-5-3-2-4-6-13)19-10-12-7-8-15(18)14(17)9-12/h2-9,11,19H,10H2,1H3,(H,20,21). The highest BCUT2D eigenvalue weighted by atomic mass is 35.5. The van der Waals surface area contributed by atoms with Crippen LogP contribution in [-0.2, 0) is 11.3 Å². The summed E-state index contributed by atoms with van der Waals surface area (Å²) in [6.07, 6.45) is 0. The molecule has 1 unspecified atom stereocenters. The Morgan fingerprint density at radius 2 is 1.95 bits per heavy atom. The number of nitrogens with one attached hydrogen (secondary N) is 2. The topological polar surface area (TPSA) is 41.1 Å². The van der Waals surface area contributed by atoms with Gasteiger partial charge in [0.2, 0.25) is 5.91 Å². The molecule has 2 rings (SSSR count). The Morgan fingerprint density at radius 3 is 2.62 bits per heavy atom. The SMILES string of the molecule is CC(NCc1ccc(F)c(Cl)c1)C(=O)Nc1ccccc1. The molecule has 0 aromatic heterocycles. The van der Waals surface area contributed by atoms with Gasteiger partial charge < -0.3 is 10.6 Å². The van der Waals surface area contributed by atoms with Crippen LogP contribution in [0.5, 0.6) is 0 Å². The number of amides is 1. The Balaban J connectivity index is 1.87. The van der Waals surface area contributed by atoms with Gasteiger partial charge in [-0.05, 0) is 36.8 Å². The molecular weight excluding hydrogens is 291 g/mol. The van der Waals surface area contributed by atoms with E-state index < -0.39 is 5.82 Å². The minimum atomic E-state index is -0.449. The molecule has 1 atom stereocenters. The van der Waals surface area contributed by atoms with Crippen LogP contribution in [0.1, 0.15) is 12.5 Å². The van der Waals surface area contributed by atoms with E-state index in [0.717, 1.165) is 11.3 Å². The van der Waals surface area contributed by atoms with Crippen LogP contribution in [0.15, 0.2) is 48.5 Å². The number of anilines is 1. The van der Waals surface area contributed by atoms with Gasteiger partial charge in [0.05, 0.1) is 11.1 Å². The second kappa shape index (κ2) is 7.20. The molecule has 1 amide bonds. The third-order valence-electron chi connectivity index (χ3n) is 3.03. The summed E-state index contributed by atoms with van der Waals surface area (Å²) in [5.41, 5.74) is 1.57. The monoisotopic (exact) mass is 306 g/mol. The Labute approximate surface area is 128 Å². The molecule has 0 aliphatic carbocycles. The van der Waals surface area contributed by atoms with Crippen molar-refractivity contribution in [3.8, 4) is 0 Å². The first-order valence-electron chi connectivity index (χ1n) is 6.59. The van der Waals surface area contributed by atoms with E-state index in [0.29, 0.717) is 6.54 Å². The van der Waals surface area contributed by atoms with E-state index in [1.54, 1.807) is 19.1 Å². The highest BCUT2D eigenvalue weighted by Crippen LogP contribution is 2.16. The molecule has 110 valence electrons. The average molecular weight is 307 g/mol. The van der Waals surface area contributed by atoms with Gasteiger partial charge in [-0.3, -0.25) is 4.79 Å². The van der Waals surface area contributed by atoms with E-state index in [9.17, 15) is 9.18 Å². The number of carbonyl (C=O) groups is 1. The molecule has 0 spiro atoms. The summed E-state index contributed by atoms with van der Waals surface area (Å²) >= 11 is 5.72. The van der Waals surface area contributed by atoms with Gasteiger partial charge >= 0.3 is 0 Å². The molecule has 0 fully saturated rings. The van der Waals surface area contributed by atoms with Gasteiger partial charge in [0.15, 0.2) is 0 Å². The molecule has 2 N–H and O–H groups in total. The lowest BCUT2D eigenvalue weighted by Gasteiger charge is -2.14. The first-order chi connectivity index (χ1) is 10.1. The van der Waals surface area contributed by atoms with Gasteiger partial charge in [-0.1, -0.05) is 35.9 Å². The highest BCUT2D eigenvalue weighted by molar-refractivity contribution is 6.30. The Hall–Kier alpha value is -1.91. The molecule has 5 heteroatoms. The number of para-hydroxylation sites is 1. The fraction of sp³-hybridized carbons (Fsp3) is 0.188. The summed E-state index contributed by atoms with van der Waals surface area (Å²) in [6, 6.07) is 13.4. The van der Waals surface area contributed by atoms with E-state index in [4.69, 9.17) is 11.6 Å². The first kappa shape index (κ1) is 15.5. The summed E-state index contributed by atoms with van der Waals surface area (Å²) in [4.78, 5) is 12.0. The van der Waals surface area contributed by atoms with Gasteiger partial charge in [0.25, 0.3) is 0 Å². The predicted octanol–water partition coefficient (Wildman–Crippen LogP) is 3.60. The van der Waals surface area contributed by atoms with Gasteiger partial charge in [0.1, 0.15) is 5.82 Å². The Kier molecular flexibility index (Phi) is 5.31. The van der Waals surface area contributed by atoms with E-state index in [2.05, 4.69) is 10.6 Å². The van der Waals surface area contributed by atoms with Crippen molar-refractivity contribution in [3.05, 3.63) is 64.9 Å². The molecule has 2 aromatic rings. The van der Waals surface area contributed by atoms with Gasteiger partial charge in [-0.2, -0.15) is 0 Å². The molecule has 0 saturated heterocycles. The molecular formula is C16H16ClFN2O. The molecule has 0 aliphatic rings. The number of hydrogen-bond acceptors (Lipinski definition) is 2. The average Bonchev–Trinajstić information content (AvgIpc) is 2.49. The van der Waals surface area contributed by atoms with Crippen molar-refractivity contribution in [2.75, 3.05) is 5.32 Å². The van der Waals surface area contributed by atoms with Crippen molar-refractivity contribution in [2.24, 2.45) is 0 Å². The van der Waals surface area contributed by atoms with Crippen LogP contribution in [0.3, 0.4) is 0 Å². The van der Waals surface area contributed by atoms with Crippen molar-refractivity contribution in [1.82, 2.24) is 5.32 Å². The smallest absolute Gasteiger partial charge is 0.241 e. The maximum absolute atomic E-state index is 13.1. The number of carbonyl (C=O) groups excluding carboxylic acids is 1. The van der Waals surface area contributed by atoms with E-state index in [-0.39, 0.29) is 17.0 Å². The lowest BCUT2D eigenvalue weighted by molar-refractivity contribution is -0.117. The summed E-state index contributed by atoms with van der Waals surface area (Å²) in [6.45, 7) is 2.20. The Morgan fingerprint density at radius 1 is 1.24 bits per heavy atom. The first-order valence-corrected chi connectivity index (χ1v) is 6.97. The van der Waals surface area contributed by atoms with Crippen LogP contribution in [-0.4, -0.2) is 11.9 Å². The molecule has 2 aromatic carbocycles. The van der Waals surface area contributed by atoms with Crippen molar-refractivity contribution < 1.29 is 9.18 Å². The van der Waals surface area contributed by atoms with E-state index in [1.807, 2.05) is 30.3 Å². The fourth-order valence-corrected chi connectivity index (χ4v) is 1.99. The molecule has 0 saturated carbocycles. The van der Waals surface area contributed by atoms with Crippen LogP contribution in [0.2, 0.25) is 5.02 Å². The fourth-order valence-electron chi connectivity index (χ4n) is 1.79. The van der Waals surface area contributed by atoms with E-state index >= 15 is 0 Å². The van der Waals surface area contributed by atoms with Crippen LogP contribution >= 0.6 is 11.6 Å². The lowest BCUT2D eigenvalue weighted by Crippen LogP contribution is -2.37. The minimum Gasteiger partial charge on any atom is -0.325 e. The third kappa shape index (κ3) is 4.55. The van der Waals surface area contributed by atoms with Crippen molar-refractivity contribution in [3.63, 3.8) is 0 Å². The van der Waals surface area contributed by atoms with Crippen molar-refractivity contribution in [2.45, 2.75) is 19.5 Å². The normalized spacial score (nSPS) is 12.0. The number of rotatable bonds is 5. The quantitative estimate of drug-likeness (QED) is 0.886. The van der Waals surface area contributed by atoms with Gasteiger partial charge in [-0.15, -0.1) is 0 Å². The predicted molar refractivity (Wildman–Crippen MR) is 82.8 cm³/mol. The largest absolute Gasteiger partial charge is 0.325 e. The lowest BCUT2D eigenvalue weighted by atomic mass is 10.2. The van der Waals surface area contributed by atoms with E-state index in [1.165, 1.54) is 6.07 Å². The second-order valence-electron chi connectivity index (χ2n) is 4.71. The molecule has 0 aliphatic heterocycles. The summed E-state index contributed by atoms with van der Waals surface area (Å²) in [5.74, 6) is -0.579. The van der Waals surface area contributed by atoms with Crippen LogP contribution in [0.25, 0.3) is 0 Å². The zero-order valence-electron chi connectivity index (χ0n) is 11.6. The van der Waals surface area contributed by atoms with Crippen LogP contribution < -0.4 is 10.6 Å². The molecule has 0 radical (unpaired) electrons. The van der Waals surface area contributed by atoms with Crippen molar-refractivity contribution >= 4 is 23.2 Å². The summed E-state index contributed by atoms with van der Waals surface area (Å²) in [7, 11) is 0. The zero-order valence-corrected chi connectivity index (χ0v) is 12.3. The van der Waals surface area contributed by atoms with Gasteiger partial charge in [-0.25, -0.2) is 4.39 Å². The molecule has 0 heterocycles. The summed E-state index contributed by atoms with van der Waals surface area (Å²) < 4.78 is 13.1. The molecule has 3 nitrogen and oxygen atoms in total. The van der Waals surface area contributed by atoms with Crippen LogP contribution in [0, 0.1) is 5.82 Å². The number of halogens is 2. The minimum absolute atomic E-state index is 0.0793. The number of hydrogen-bond donors (Lipinski definition) is 2. The Bertz CT molecular complexity index is 619. The summed E-state index contributed by atoms with van der Waals surface area (Å²) in [5, 5.41) is 5.96. The third-order valence-corrected chi connectivity index (χ3v) is 3.32. The molecule has 21 heavy (non-hydrogen) atoms. The second-order valence-corrected chi connectivity index (χ2v) is 5.11. The van der Waals surface area contributed by atoms with Crippen LogP contribution in [0.4, 0.5) is 10.1 Å². The van der Waals surface area contributed by atoms with Gasteiger partial charge in [0, 0.05) is 12.2 Å². The maximum atomic E-state index is 13.1. The highest BCUT2D eigenvalue weighted by Gasteiger charge is 2.12. The van der Waals surface area contributed by atoms with Crippen molar-refractivity contribution in [1.29, 1.82) is 0 Å². The molecule has 0 bridgehead atoms. The maximum Gasteiger partial charge on any atom is 0.241 e. The number of benzene rings is 2.